The first-order valence-electron chi connectivity index (χ1n) is 11.9. The van der Waals surface area contributed by atoms with E-state index in [0.717, 1.165) is 22.4 Å². The van der Waals surface area contributed by atoms with Crippen LogP contribution >= 0.6 is 0 Å². The predicted molar refractivity (Wildman–Crippen MR) is 143 cm³/mol. The number of methoxy groups -OCH3 is 2. The third-order valence-electron chi connectivity index (χ3n) is 6.34. The number of nitrogens with one attached hydrogen (secondary N) is 2. The molecule has 0 fully saturated rings. The van der Waals surface area contributed by atoms with Gasteiger partial charge in [0.2, 0.25) is 11.9 Å². The maximum Gasteiger partial charge on any atom is 0.263 e. The first-order valence-corrected chi connectivity index (χ1v) is 11.9. The number of hydrogen-bond donors (Lipinski definition) is 2. The van der Waals surface area contributed by atoms with Crippen LogP contribution in [0.4, 0.5) is 5.82 Å². The molecular weight excluding hydrogens is 486 g/mol. The summed E-state index contributed by atoms with van der Waals surface area (Å²) >= 11 is 0. The molecule has 0 atom stereocenters. The summed E-state index contributed by atoms with van der Waals surface area (Å²) in [5.74, 6) is 1.37. The molecule has 0 bridgehead atoms. The number of nitrogens with zero attached hydrogens (tertiary/aromatic N) is 5. The Morgan fingerprint density at radius 2 is 1.82 bits per heavy atom. The number of amides is 1. The second kappa shape index (κ2) is 9.85. The highest BCUT2D eigenvalue weighted by Crippen LogP contribution is 2.28. The van der Waals surface area contributed by atoms with Gasteiger partial charge in [0.1, 0.15) is 11.2 Å². The molecular formula is C27H27N7O4. The predicted octanol–water partition coefficient (Wildman–Crippen LogP) is 3.42. The summed E-state index contributed by atoms with van der Waals surface area (Å²) in [4.78, 5) is 33.4. The zero-order valence-electron chi connectivity index (χ0n) is 21.7. The SMILES string of the molecule is COc1ccc(CC(=O)Nc2cc(C)nn2-c2nc3c(cnn3-c3cccc(C)c3C)c(=O)[nH]2)cc1OC. The van der Waals surface area contributed by atoms with E-state index >= 15 is 0 Å². The van der Waals surface area contributed by atoms with E-state index < -0.39 is 0 Å². The van der Waals surface area contributed by atoms with E-state index in [1.807, 2.05) is 32.0 Å². The highest BCUT2D eigenvalue weighted by Gasteiger charge is 2.18. The Balaban J connectivity index is 1.49. The summed E-state index contributed by atoms with van der Waals surface area (Å²) in [7, 11) is 3.10. The number of H-pyrrole nitrogens is 1. The fourth-order valence-corrected chi connectivity index (χ4v) is 4.26. The summed E-state index contributed by atoms with van der Waals surface area (Å²) in [6.45, 7) is 5.80. The Hall–Kier alpha value is -4.93. The Labute approximate surface area is 218 Å². The molecule has 3 aromatic heterocycles. The van der Waals surface area contributed by atoms with E-state index in [0.29, 0.717) is 34.0 Å². The van der Waals surface area contributed by atoms with E-state index in [4.69, 9.17) is 9.47 Å². The van der Waals surface area contributed by atoms with Crippen molar-refractivity contribution in [1.29, 1.82) is 0 Å². The summed E-state index contributed by atoms with van der Waals surface area (Å²) in [6.07, 6.45) is 1.58. The summed E-state index contributed by atoms with van der Waals surface area (Å²) < 4.78 is 13.6. The first-order chi connectivity index (χ1) is 18.3. The van der Waals surface area contributed by atoms with Crippen molar-refractivity contribution in [1.82, 2.24) is 29.5 Å². The van der Waals surface area contributed by atoms with Crippen LogP contribution in [0.2, 0.25) is 0 Å². The van der Waals surface area contributed by atoms with Gasteiger partial charge in [-0.2, -0.15) is 19.9 Å². The van der Waals surface area contributed by atoms with Gasteiger partial charge in [-0.15, -0.1) is 0 Å². The number of fused-ring (bicyclic) bond motifs is 1. The summed E-state index contributed by atoms with van der Waals surface area (Å²) in [6, 6.07) is 12.9. The molecule has 38 heavy (non-hydrogen) atoms. The second-order valence-electron chi connectivity index (χ2n) is 8.90. The fraction of sp³-hybridized carbons (Fsp3) is 0.222. The van der Waals surface area contributed by atoms with E-state index in [1.54, 1.807) is 50.1 Å². The molecule has 1 amide bonds. The van der Waals surface area contributed by atoms with E-state index in [-0.39, 0.29) is 23.8 Å². The molecule has 2 aromatic carbocycles. The number of aromatic nitrogens is 6. The van der Waals surface area contributed by atoms with Crippen LogP contribution in [0.15, 0.2) is 53.5 Å². The molecule has 2 N–H and O–H groups in total. The number of anilines is 1. The van der Waals surface area contributed by atoms with Crippen LogP contribution in [0.1, 0.15) is 22.4 Å². The van der Waals surface area contributed by atoms with Crippen LogP contribution in [0.3, 0.4) is 0 Å². The third-order valence-corrected chi connectivity index (χ3v) is 6.34. The van der Waals surface area contributed by atoms with Crippen molar-refractivity contribution in [2.75, 3.05) is 19.5 Å². The number of carbonyl (C=O) groups is 1. The Kier molecular flexibility index (Phi) is 6.41. The number of benzene rings is 2. The van der Waals surface area contributed by atoms with Gasteiger partial charge in [-0.25, -0.2) is 4.68 Å². The molecule has 5 rings (SSSR count). The van der Waals surface area contributed by atoms with Crippen LogP contribution < -0.4 is 20.3 Å². The van der Waals surface area contributed by atoms with Crippen molar-refractivity contribution in [2.24, 2.45) is 0 Å². The molecule has 0 unspecified atom stereocenters. The molecule has 0 radical (unpaired) electrons. The summed E-state index contributed by atoms with van der Waals surface area (Å²) in [5, 5.41) is 12.1. The Morgan fingerprint density at radius 3 is 2.58 bits per heavy atom. The highest BCUT2D eigenvalue weighted by atomic mass is 16.5. The monoisotopic (exact) mass is 513 g/mol. The van der Waals surface area contributed by atoms with Gasteiger partial charge in [-0.1, -0.05) is 18.2 Å². The normalized spacial score (nSPS) is 11.1. The number of carbonyl (C=O) groups excluding carboxylic acids is 1. The quantitative estimate of drug-likeness (QED) is 0.341. The van der Waals surface area contributed by atoms with Crippen molar-refractivity contribution < 1.29 is 14.3 Å². The Morgan fingerprint density at radius 1 is 1.03 bits per heavy atom. The number of ether oxygens (including phenoxy) is 2. The highest BCUT2D eigenvalue weighted by molar-refractivity contribution is 5.92. The standard InChI is InChI=1S/C27H27N7O4/c1-15-7-6-8-20(17(15)3)33-25-19(14-28-33)26(36)31-27(30-25)34-23(11-16(2)32-34)29-24(35)13-18-9-10-21(37-4)22(12-18)38-5/h6-12,14H,13H2,1-5H3,(H,29,35)(H,30,31,36). The van der Waals surface area contributed by atoms with Gasteiger partial charge in [0.25, 0.3) is 5.56 Å². The minimum atomic E-state index is -0.364. The van der Waals surface area contributed by atoms with Crippen molar-refractivity contribution in [3.05, 3.63) is 81.4 Å². The van der Waals surface area contributed by atoms with Crippen LogP contribution in [0.5, 0.6) is 11.5 Å². The number of aryl methyl sites for hydroxylation is 2. The molecule has 0 saturated heterocycles. The van der Waals surface area contributed by atoms with Crippen LogP contribution in [0, 0.1) is 20.8 Å². The lowest BCUT2D eigenvalue weighted by molar-refractivity contribution is -0.115. The minimum absolute atomic E-state index is 0.0902. The molecule has 5 aromatic rings. The van der Waals surface area contributed by atoms with E-state index in [1.165, 1.54) is 10.9 Å². The smallest absolute Gasteiger partial charge is 0.263 e. The molecule has 11 heteroatoms. The van der Waals surface area contributed by atoms with Crippen molar-refractivity contribution >= 4 is 22.8 Å². The number of aromatic amines is 1. The lowest BCUT2D eigenvalue weighted by Crippen LogP contribution is -2.20. The lowest BCUT2D eigenvalue weighted by Gasteiger charge is -2.11. The van der Waals surface area contributed by atoms with Crippen LogP contribution in [-0.4, -0.2) is 49.7 Å². The maximum atomic E-state index is 13.0. The molecule has 0 aliphatic carbocycles. The summed E-state index contributed by atoms with van der Waals surface area (Å²) in [5.41, 5.74) is 4.35. The largest absolute Gasteiger partial charge is 0.493 e. The molecule has 0 aliphatic rings. The Bertz CT molecular complexity index is 1730. The van der Waals surface area contributed by atoms with Gasteiger partial charge >= 0.3 is 0 Å². The molecule has 0 aliphatic heterocycles. The van der Waals surface area contributed by atoms with Gasteiger partial charge in [0.15, 0.2) is 17.1 Å². The van der Waals surface area contributed by atoms with Crippen molar-refractivity contribution in [2.45, 2.75) is 27.2 Å². The van der Waals surface area contributed by atoms with Crippen molar-refractivity contribution in [3.8, 4) is 23.1 Å². The minimum Gasteiger partial charge on any atom is -0.493 e. The van der Waals surface area contributed by atoms with Gasteiger partial charge in [-0.05, 0) is 55.7 Å². The van der Waals surface area contributed by atoms with E-state index in [2.05, 4.69) is 25.5 Å². The maximum absolute atomic E-state index is 13.0. The van der Waals surface area contributed by atoms with Gasteiger partial charge in [0, 0.05) is 6.07 Å². The van der Waals surface area contributed by atoms with Crippen LogP contribution in [-0.2, 0) is 11.2 Å². The molecule has 3 heterocycles. The van der Waals surface area contributed by atoms with Gasteiger partial charge in [0.05, 0.1) is 38.2 Å². The van der Waals surface area contributed by atoms with Gasteiger partial charge < -0.3 is 14.8 Å². The fourth-order valence-electron chi connectivity index (χ4n) is 4.26. The zero-order chi connectivity index (χ0) is 27.0. The zero-order valence-corrected chi connectivity index (χ0v) is 21.7. The number of rotatable bonds is 7. The molecule has 11 nitrogen and oxygen atoms in total. The lowest BCUT2D eigenvalue weighted by atomic mass is 10.1. The third kappa shape index (κ3) is 4.49. The molecule has 0 spiro atoms. The molecule has 0 saturated carbocycles. The first kappa shape index (κ1) is 24.8. The van der Waals surface area contributed by atoms with Gasteiger partial charge in [-0.3, -0.25) is 14.6 Å². The van der Waals surface area contributed by atoms with Crippen LogP contribution in [0.25, 0.3) is 22.7 Å². The molecule has 194 valence electrons. The topological polar surface area (TPSA) is 129 Å². The average Bonchev–Trinajstić information content (AvgIpc) is 3.48. The average molecular weight is 514 g/mol. The van der Waals surface area contributed by atoms with Crippen molar-refractivity contribution in [3.63, 3.8) is 0 Å². The second-order valence-corrected chi connectivity index (χ2v) is 8.90. The van der Waals surface area contributed by atoms with E-state index in [9.17, 15) is 9.59 Å². The number of hydrogen-bond acceptors (Lipinski definition) is 7.